The first-order valence-corrected chi connectivity index (χ1v) is 5.79. The number of fused-ring (bicyclic) bond motifs is 1. The van der Waals surface area contributed by atoms with Gasteiger partial charge >= 0.3 is 0 Å². The lowest BCUT2D eigenvalue weighted by Crippen LogP contribution is -2.35. The van der Waals surface area contributed by atoms with E-state index < -0.39 is 0 Å². The summed E-state index contributed by atoms with van der Waals surface area (Å²) in [7, 11) is 0. The summed E-state index contributed by atoms with van der Waals surface area (Å²) in [6, 6.07) is 6.02. The fourth-order valence-electron chi connectivity index (χ4n) is 2.02. The Hall–Kier alpha value is -0.960. The van der Waals surface area contributed by atoms with Crippen molar-refractivity contribution in [1.29, 1.82) is 0 Å². The third kappa shape index (κ3) is 2.02. The first-order chi connectivity index (χ1) is 7.22. The minimum atomic E-state index is 0.247. The fourth-order valence-corrected chi connectivity index (χ4v) is 2.25. The molecule has 1 heterocycles. The largest absolute Gasteiger partial charge is 0.312 e. The molecule has 3 heteroatoms. The summed E-state index contributed by atoms with van der Waals surface area (Å²) in [5, 5.41) is 0. The van der Waals surface area contributed by atoms with Crippen LogP contribution >= 0.6 is 12.6 Å². The number of nitrogens with zero attached hydrogens (tertiary/aromatic N) is 1. The summed E-state index contributed by atoms with van der Waals surface area (Å²) in [6.45, 7) is 2.91. The summed E-state index contributed by atoms with van der Waals surface area (Å²) in [6.07, 6.45) is 2.47. The van der Waals surface area contributed by atoms with E-state index in [0.29, 0.717) is 6.42 Å². The minimum absolute atomic E-state index is 0.247. The summed E-state index contributed by atoms with van der Waals surface area (Å²) >= 11 is 4.32. The first kappa shape index (κ1) is 10.6. The van der Waals surface area contributed by atoms with Gasteiger partial charge in [0.25, 0.3) is 0 Å². The molecule has 1 aliphatic heterocycles. The van der Waals surface area contributed by atoms with Gasteiger partial charge in [0.05, 0.1) is 0 Å². The van der Waals surface area contributed by atoms with Crippen molar-refractivity contribution in [2.75, 3.05) is 11.4 Å². The van der Waals surface area contributed by atoms with Crippen LogP contribution < -0.4 is 4.90 Å². The predicted octanol–water partition coefficient (Wildman–Crippen LogP) is 2.66. The SMILES string of the molecule is CCCN1C(=O)CCc2cc(S)ccc21. The van der Waals surface area contributed by atoms with Crippen LogP contribution in [0.5, 0.6) is 0 Å². The van der Waals surface area contributed by atoms with E-state index in [4.69, 9.17) is 0 Å². The van der Waals surface area contributed by atoms with E-state index in [0.717, 1.165) is 30.0 Å². The van der Waals surface area contributed by atoms with Gasteiger partial charge in [0.15, 0.2) is 0 Å². The van der Waals surface area contributed by atoms with Crippen molar-refractivity contribution in [3.63, 3.8) is 0 Å². The van der Waals surface area contributed by atoms with Crippen molar-refractivity contribution in [2.45, 2.75) is 31.1 Å². The van der Waals surface area contributed by atoms with E-state index in [-0.39, 0.29) is 5.91 Å². The third-order valence-electron chi connectivity index (χ3n) is 2.71. The molecular weight excluding hydrogens is 206 g/mol. The molecule has 0 spiro atoms. The van der Waals surface area contributed by atoms with Crippen molar-refractivity contribution in [2.24, 2.45) is 0 Å². The van der Waals surface area contributed by atoms with Crippen molar-refractivity contribution in [1.82, 2.24) is 0 Å². The van der Waals surface area contributed by atoms with Crippen LogP contribution in [0.2, 0.25) is 0 Å². The molecule has 80 valence electrons. The Balaban J connectivity index is 2.39. The number of aryl methyl sites for hydroxylation is 1. The van der Waals surface area contributed by atoms with Crippen molar-refractivity contribution in [3.8, 4) is 0 Å². The highest BCUT2D eigenvalue weighted by atomic mass is 32.1. The van der Waals surface area contributed by atoms with E-state index in [1.807, 2.05) is 17.0 Å². The maximum atomic E-state index is 11.7. The van der Waals surface area contributed by atoms with Gasteiger partial charge in [-0.15, -0.1) is 12.6 Å². The van der Waals surface area contributed by atoms with E-state index in [2.05, 4.69) is 25.6 Å². The topological polar surface area (TPSA) is 20.3 Å². The number of carbonyl (C=O) groups excluding carboxylic acids is 1. The molecule has 0 aliphatic carbocycles. The smallest absolute Gasteiger partial charge is 0.227 e. The number of benzene rings is 1. The van der Waals surface area contributed by atoms with E-state index >= 15 is 0 Å². The van der Waals surface area contributed by atoms with E-state index in [1.165, 1.54) is 5.56 Å². The van der Waals surface area contributed by atoms with Crippen LogP contribution in [0.25, 0.3) is 0 Å². The van der Waals surface area contributed by atoms with Crippen LogP contribution in [0.4, 0.5) is 5.69 Å². The monoisotopic (exact) mass is 221 g/mol. The zero-order valence-electron chi connectivity index (χ0n) is 8.86. The number of rotatable bonds is 2. The first-order valence-electron chi connectivity index (χ1n) is 5.34. The number of thiol groups is 1. The van der Waals surface area contributed by atoms with Gasteiger partial charge in [-0.05, 0) is 36.6 Å². The Morgan fingerprint density at radius 2 is 2.20 bits per heavy atom. The summed E-state index contributed by atoms with van der Waals surface area (Å²) in [5.41, 5.74) is 2.32. The Morgan fingerprint density at radius 3 is 2.93 bits per heavy atom. The lowest BCUT2D eigenvalue weighted by atomic mass is 10.0. The lowest BCUT2D eigenvalue weighted by molar-refractivity contribution is -0.118. The van der Waals surface area contributed by atoms with Gasteiger partial charge in [-0.1, -0.05) is 6.92 Å². The molecule has 0 unspecified atom stereocenters. The fraction of sp³-hybridized carbons (Fsp3) is 0.417. The Kier molecular flexibility index (Phi) is 3.00. The maximum Gasteiger partial charge on any atom is 0.227 e. The molecule has 0 saturated carbocycles. The van der Waals surface area contributed by atoms with Crippen LogP contribution in [0, 0.1) is 0 Å². The van der Waals surface area contributed by atoms with Gasteiger partial charge in [-0.25, -0.2) is 0 Å². The molecule has 2 rings (SSSR count). The molecule has 1 aromatic carbocycles. The minimum Gasteiger partial charge on any atom is -0.312 e. The highest BCUT2D eigenvalue weighted by Gasteiger charge is 2.22. The molecule has 15 heavy (non-hydrogen) atoms. The van der Waals surface area contributed by atoms with E-state index in [9.17, 15) is 4.79 Å². The van der Waals surface area contributed by atoms with Crippen LogP contribution in [0.1, 0.15) is 25.3 Å². The maximum absolute atomic E-state index is 11.7. The Bertz CT molecular complexity index is 389. The number of carbonyl (C=O) groups is 1. The van der Waals surface area contributed by atoms with Crippen molar-refractivity contribution in [3.05, 3.63) is 23.8 Å². The molecule has 0 saturated heterocycles. The van der Waals surface area contributed by atoms with Gasteiger partial charge in [-0.2, -0.15) is 0 Å². The van der Waals surface area contributed by atoms with Gasteiger partial charge < -0.3 is 4.90 Å². The van der Waals surface area contributed by atoms with Crippen molar-refractivity contribution >= 4 is 24.2 Å². The number of anilines is 1. The summed E-state index contributed by atoms with van der Waals surface area (Å²) < 4.78 is 0. The molecule has 0 N–H and O–H groups in total. The molecule has 0 radical (unpaired) electrons. The van der Waals surface area contributed by atoms with Gasteiger partial charge in [-0.3, -0.25) is 4.79 Å². The normalized spacial score (nSPS) is 15.3. The summed E-state index contributed by atoms with van der Waals surface area (Å²) in [4.78, 5) is 14.6. The number of amides is 1. The van der Waals surface area contributed by atoms with Crippen molar-refractivity contribution < 1.29 is 4.79 Å². The molecular formula is C12H15NOS. The molecule has 2 nitrogen and oxygen atoms in total. The molecule has 0 atom stereocenters. The third-order valence-corrected chi connectivity index (χ3v) is 2.99. The zero-order chi connectivity index (χ0) is 10.8. The van der Waals surface area contributed by atoms with Gasteiger partial charge in [0, 0.05) is 23.5 Å². The standard InChI is InChI=1S/C12H15NOS/c1-2-7-13-11-5-4-10(15)8-9(11)3-6-12(13)14/h4-5,8,15H,2-3,6-7H2,1H3. The Morgan fingerprint density at radius 1 is 1.40 bits per heavy atom. The number of hydrogen-bond donors (Lipinski definition) is 1. The molecule has 0 bridgehead atoms. The molecule has 0 aromatic heterocycles. The second-order valence-corrected chi connectivity index (χ2v) is 4.37. The zero-order valence-corrected chi connectivity index (χ0v) is 9.76. The molecule has 1 amide bonds. The van der Waals surface area contributed by atoms with E-state index in [1.54, 1.807) is 0 Å². The van der Waals surface area contributed by atoms with Crippen LogP contribution in [-0.4, -0.2) is 12.5 Å². The molecule has 1 aliphatic rings. The highest BCUT2D eigenvalue weighted by molar-refractivity contribution is 7.80. The second kappa shape index (κ2) is 4.27. The van der Waals surface area contributed by atoms with Crippen LogP contribution in [0.15, 0.2) is 23.1 Å². The molecule has 1 aromatic rings. The van der Waals surface area contributed by atoms with Crippen LogP contribution in [0.3, 0.4) is 0 Å². The second-order valence-electron chi connectivity index (χ2n) is 3.86. The average molecular weight is 221 g/mol. The summed E-state index contributed by atoms with van der Waals surface area (Å²) in [5.74, 6) is 0.247. The predicted molar refractivity (Wildman–Crippen MR) is 64.7 cm³/mol. The molecule has 0 fully saturated rings. The lowest BCUT2D eigenvalue weighted by Gasteiger charge is -2.29. The average Bonchev–Trinajstić information content (AvgIpc) is 2.22. The number of hydrogen-bond acceptors (Lipinski definition) is 2. The van der Waals surface area contributed by atoms with Gasteiger partial charge in [0.1, 0.15) is 0 Å². The Labute approximate surface area is 95.7 Å². The quantitative estimate of drug-likeness (QED) is 0.761. The highest BCUT2D eigenvalue weighted by Crippen LogP contribution is 2.29. The van der Waals surface area contributed by atoms with Crippen LogP contribution in [-0.2, 0) is 11.2 Å². The van der Waals surface area contributed by atoms with Gasteiger partial charge in [0.2, 0.25) is 5.91 Å².